The molecule has 0 aliphatic carbocycles. The van der Waals surface area contributed by atoms with Crippen LogP contribution in [0.2, 0.25) is 0 Å². The van der Waals surface area contributed by atoms with E-state index in [2.05, 4.69) is 13.0 Å². The molecular weight excluding hydrogens is 134 g/mol. The van der Waals surface area contributed by atoms with Crippen molar-refractivity contribution < 1.29 is 0 Å². The molecule has 1 aromatic rings. The van der Waals surface area contributed by atoms with Gasteiger partial charge in [0.05, 0.1) is 11.6 Å². The molecule has 0 aliphatic heterocycles. The summed E-state index contributed by atoms with van der Waals surface area (Å²) < 4.78 is 0. The van der Waals surface area contributed by atoms with Gasteiger partial charge >= 0.3 is 0 Å². The van der Waals surface area contributed by atoms with Crippen LogP contribution in [0.3, 0.4) is 0 Å². The van der Waals surface area contributed by atoms with E-state index in [4.69, 9.17) is 5.26 Å². The Labute approximate surface area is 67.3 Å². The minimum atomic E-state index is 0.684. The maximum absolute atomic E-state index is 8.70. The van der Waals surface area contributed by atoms with Crippen molar-refractivity contribution in [3.05, 3.63) is 41.8 Å². The van der Waals surface area contributed by atoms with Crippen molar-refractivity contribution in [2.75, 3.05) is 0 Å². The molecule has 1 rings (SSSR count). The lowest BCUT2D eigenvalue weighted by molar-refractivity contribution is 1.23. The van der Waals surface area contributed by atoms with Crippen molar-refractivity contribution in [2.24, 2.45) is 0 Å². The molecule has 11 heavy (non-hydrogen) atoms. The molecule has 1 radical (unpaired) electrons. The highest BCUT2D eigenvalue weighted by molar-refractivity contribution is 5.40. The maximum atomic E-state index is 8.70. The lowest BCUT2D eigenvalue weighted by atomic mass is 10.0. The average molecular weight is 144 g/mol. The van der Waals surface area contributed by atoms with Gasteiger partial charge in [-0.3, -0.25) is 0 Å². The third kappa shape index (κ3) is 1.59. The van der Waals surface area contributed by atoms with Crippen LogP contribution in [-0.2, 0) is 6.42 Å². The second-order valence-corrected chi connectivity index (χ2v) is 2.52. The molecule has 1 heteroatoms. The standard InChI is InChI=1S/C10H10N/c1-3-9-5-4-8(2)6-10(9)7-11/h4-6H,1,3H2,2H3. The zero-order valence-electron chi connectivity index (χ0n) is 6.59. The van der Waals surface area contributed by atoms with Gasteiger partial charge in [-0.15, -0.1) is 0 Å². The van der Waals surface area contributed by atoms with Gasteiger partial charge in [0.15, 0.2) is 0 Å². The second-order valence-electron chi connectivity index (χ2n) is 2.52. The number of benzene rings is 1. The molecule has 0 aliphatic rings. The van der Waals surface area contributed by atoms with Gasteiger partial charge < -0.3 is 0 Å². The number of nitrogens with zero attached hydrogens (tertiary/aromatic N) is 1. The molecule has 1 nitrogen and oxygen atoms in total. The van der Waals surface area contributed by atoms with Crippen molar-refractivity contribution in [3.63, 3.8) is 0 Å². The molecule has 0 saturated heterocycles. The van der Waals surface area contributed by atoms with Gasteiger partial charge in [-0.1, -0.05) is 12.1 Å². The molecule has 1 aromatic carbocycles. The van der Waals surface area contributed by atoms with Gasteiger partial charge in [0.1, 0.15) is 0 Å². The number of nitriles is 1. The van der Waals surface area contributed by atoms with Crippen LogP contribution in [0.1, 0.15) is 16.7 Å². The van der Waals surface area contributed by atoms with Crippen LogP contribution >= 0.6 is 0 Å². The van der Waals surface area contributed by atoms with Crippen molar-refractivity contribution in [2.45, 2.75) is 13.3 Å². The molecule has 0 N–H and O–H groups in total. The van der Waals surface area contributed by atoms with E-state index in [1.807, 2.05) is 25.1 Å². The Bertz CT molecular complexity index is 294. The van der Waals surface area contributed by atoms with Crippen molar-refractivity contribution in [1.29, 1.82) is 5.26 Å². The smallest absolute Gasteiger partial charge is 0.0994 e. The zero-order chi connectivity index (χ0) is 8.27. The second kappa shape index (κ2) is 3.21. The van der Waals surface area contributed by atoms with Crippen LogP contribution in [0.5, 0.6) is 0 Å². The highest BCUT2D eigenvalue weighted by Crippen LogP contribution is 2.10. The Morgan fingerprint density at radius 2 is 2.27 bits per heavy atom. The minimum Gasteiger partial charge on any atom is -0.192 e. The molecular formula is C10H10N. The number of hydrogen-bond donors (Lipinski definition) is 0. The van der Waals surface area contributed by atoms with Gasteiger partial charge in [-0.25, -0.2) is 0 Å². The molecule has 0 saturated carbocycles. The summed E-state index contributed by atoms with van der Waals surface area (Å²) in [5, 5.41) is 8.70. The van der Waals surface area contributed by atoms with Gasteiger partial charge in [0.25, 0.3) is 0 Å². The fourth-order valence-corrected chi connectivity index (χ4v) is 1.01. The van der Waals surface area contributed by atoms with Crippen LogP contribution in [0.4, 0.5) is 0 Å². The maximum Gasteiger partial charge on any atom is 0.0994 e. The van der Waals surface area contributed by atoms with E-state index >= 15 is 0 Å². The largest absolute Gasteiger partial charge is 0.192 e. The van der Waals surface area contributed by atoms with Gasteiger partial charge in [-0.2, -0.15) is 5.26 Å². The lowest BCUT2D eigenvalue weighted by Gasteiger charge is -1.99. The van der Waals surface area contributed by atoms with Gasteiger partial charge in [0.2, 0.25) is 0 Å². The summed E-state index contributed by atoms with van der Waals surface area (Å²) in [5.74, 6) is 0. The monoisotopic (exact) mass is 144 g/mol. The Morgan fingerprint density at radius 1 is 1.55 bits per heavy atom. The molecule has 0 bridgehead atoms. The van der Waals surface area contributed by atoms with Gasteiger partial charge in [-0.05, 0) is 37.5 Å². The van der Waals surface area contributed by atoms with Crippen LogP contribution in [-0.4, -0.2) is 0 Å². The third-order valence-electron chi connectivity index (χ3n) is 1.66. The Kier molecular flexibility index (Phi) is 2.28. The van der Waals surface area contributed by atoms with E-state index in [0.717, 1.165) is 16.7 Å². The molecule has 55 valence electrons. The fourth-order valence-electron chi connectivity index (χ4n) is 1.01. The summed E-state index contributed by atoms with van der Waals surface area (Å²) in [6, 6.07) is 8.00. The predicted octanol–water partition coefficient (Wildman–Crippen LogP) is 2.24. The normalized spacial score (nSPS) is 9.18. The van der Waals surface area contributed by atoms with E-state index < -0.39 is 0 Å². The van der Waals surface area contributed by atoms with Crippen molar-refractivity contribution in [1.82, 2.24) is 0 Å². The average Bonchev–Trinajstić information content (AvgIpc) is 2.04. The summed E-state index contributed by atoms with van der Waals surface area (Å²) in [6.45, 7) is 5.72. The third-order valence-corrected chi connectivity index (χ3v) is 1.66. The first-order valence-corrected chi connectivity index (χ1v) is 3.57. The predicted molar refractivity (Wildman–Crippen MR) is 45.0 cm³/mol. The van der Waals surface area contributed by atoms with Crippen LogP contribution in [0, 0.1) is 25.2 Å². The SMILES string of the molecule is [CH2]Cc1ccc(C)cc1C#N. The summed E-state index contributed by atoms with van der Waals surface area (Å²) >= 11 is 0. The molecule has 0 atom stereocenters. The number of rotatable bonds is 1. The molecule has 0 spiro atoms. The van der Waals surface area contributed by atoms with Gasteiger partial charge in [0, 0.05) is 0 Å². The Morgan fingerprint density at radius 3 is 2.82 bits per heavy atom. The number of aryl methyl sites for hydroxylation is 1. The quantitative estimate of drug-likeness (QED) is 0.593. The van der Waals surface area contributed by atoms with E-state index in [1.165, 1.54) is 0 Å². The molecule has 0 heterocycles. The van der Waals surface area contributed by atoms with Crippen LogP contribution in [0.25, 0.3) is 0 Å². The topological polar surface area (TPSA) is 23.8 Å². The Balaban J connectivity index is 3.19. The van der Waals surface area contributed by atoms with Crippen LogP contribution < -0.4 is 0 Å². The first kappa shape index (κ1) is 7.81. The highest BCUT2D eigenvalue weighted by Gasteiger charge is 1.97. The van der Waals surface area contributed by atoms with Crippen molar-refractivity contribution >= 4 is 0 Å². The zero-order valence-corrected chi connectivity index (χ0v) is 6.59. The lowest BCUT2D eigenvalue weighted by Crippen LogP contribution is -1.87. The molecule has 0 fully saturated rings. The van der Waals surface area contributed by atoms with E-state index in [-0.39, 0.29) is 0 Å². The summed E-state index contributed by atoms with van der Waals surface area (Å²) in [6.07, 6.45) is 0.684. The van der Waals surface area contributed by atoms with E-state index in [0.29, 0.717) is 6.42 Å². The molecule has 0 amide bonds. The first-order chi connectivity index (χ1) is 5.27. The summed E-state index contributed by atoms with van der Waals surface area (Å²) in [4.78, 5) is 0. The number of hydrogen-bond acceptors (Lipinski definition) is 1. The minimum absolute atomic E-state index is 0.684. The van der Waals surface area contributed by atoms with E-state index in [9.17, 15) is 0 Å². The molecule has 0 aromatic heterocycles. The van der Waals surface area contributed by atoms with Crippen molar-refractivity contribution in [3.8, 4) is 6.07 Å². The fraction of sp³-hybridized carbons (Fsp3) is 0.200. The van der Waals surface area contributed by atoms with E-state index in [1.54, 1.807) is 0 Å². The Hall–Kier alpha value is -1.29. The first-order valence-electron chi connectivity index (χ1n) is 3.57. The summed E-state index contributed by atoms with van der Waals surface area (Å²) in [5.41, 5.74) is 2.90. The van der Waals surface area contributed by atoms with Crippen LogP contribution in [0.15, 0.2) is 18.2 Å². The molecule has 0 unspecified atom stereocenters. The summed E-state index contributed by atoms with van der Waals surface area (Å²) in [7, 11) is 0. The highest BCUT2D eigenvalue weighted by atomic mass is 14.2.